The highest BCUT2D eigenvalue weighted by Crippen LogP contribution is 2.21. The Bertz CT molecular complexity index is 843. The van der Waals surface area contributed by atoms with Crippen LogP contribution in [0.15, 0.2) is 59.5 Å². The molecule has 0 aromatic heterocycles. The summed E-state index contributed by atoms with van der Waals surface area (Å²) in [4.78, 5) is 0.345. The fraction of sp³-hybridized carbons (Fsp3) is 0.125. The van der Waals surface area contributed by atoms with Crippen LogP contribution in [0.4, 0.5) is 0 Å². The molecule has 23 heavy (non-hydrogen) atoms. The summed E-state index contributed by atoms with van der Waals surface area (Å²) in [5.41, 5.74) is 6.67. The van der Waals surface area contributed by atoms with Crippen LogP contribution >= 0.6 is 12.2 Å². The quantitative estimate of drug-likeness (QED) is 0.783. The molecule has 0 radical (unpaired) electrons. The van der Waals surface area contributed by atoms with Crippen molar-refractivity contribution in [3.63, 3.8) is 0 Å². The normalized spacial score (nSPS) is 12.3. The van der Waals surface area contributed by atoms with Crippen molar-refractivity contribution in [2.24, 2.45) is 5.73 Å². The number of rotatable bonds is 6. The maximum absolute atomic E-state index is 12.5. The zero-order valence-electron chi connectivity index (χ0n) is 12.1. The lowest BCUT2D eigenvalue weighted by molar-refractivity contribution is 0.561. The molecule has 1 atom stereocenters. The first-order valence-electron chi connectivity index (χ1n) is 6.78. The van der Waals surface area contributed by atoms with Crippen LogP contribution < -0.4 is 10.5 Å². The lowest BCUT2D eigenvalue weighted by Crippen LogP contribution is -2.31. The van der Waals surface area contributed by atoms with Crippen LogP contribution in [-0.4, -0.2) is 13.4 Å². The molecule has 0 saturated carbocycles. The van der Waals surface area contributed by atoms with Crippen LogP contribution in [-0.2, 0) is 10.0 Å². The first kappa shape index (κ1) is 17.1. The van der Waals surface area contributed by atoms with Crippen LogP contribution in [0, 0.1) is 11.3 Å². The molecule has 0 spiro atoms. The van der Waals surface area contributed by atoms with Gasteiger partial charge in [-0.3, -0.25) is 0 Å². The lowest BCUT2D eigenvalue weighted by atomic mass is 10.0. The molecule has 118 valence electrons. The van der Waals surface area contributed by atoms with E-state index in [1.54, 1.807) is 42.5 Å². The van der Waals surface area contributed by atoms with E-state index in [0.717, 1.165) is 0 Å². The van der Waals surface area contributed by atoms with Gasteiger partial charge in [0.05, 0.1) is 27.6 Å². The predicted molar refractivity (Wildman–Crippen MR) is 92.1 cm³/mol. The Morgan fingerprint density at radius 3 is 2.52 bits per heavy atom. The summed E-state index contributed by atoms with van der Waals surface area (Å²) in [5.74, 6) is 0. The van der Waals surface area contributed by atoms with E-state index in [4.69, 9.17) is 23.2 Å². The van der Waals surface area contributed by atoms with Gasteiger partial charge in [0.15, 0.2) is 0 Å². The Hall–Kier alpha value is -2.27. The number of nitrogens with zero attached hydrogens (tertiary/aromatic N) is 1. The standard InChI is InChI=1S/C16H15N3O2S2/c17-11-12-5-4-6-13(9-12)15(10-16(18)22)19-23(20,21)14-7-2-1-3-8-14/h1-9,15,19H,10H2,(H2,18,22). The molecule has 0 aliphatic rings. The van der Waals surface area contributed by atoms with Gasteiger partial charge in [-0.2, -0.15) is 5.26 Å². The first-order valence-corrected chi connectivity index (χ1v) is 8.67. The molecule has 2 rings (SSSR count). The molecule has 0 saturated heterocycles. The number of nitriles is 1. The van der Waals surface area contributed by atoms with Gasteiger partial charge in [0.25, 0.3) is 0 Å². The number of hydrogen-bond acceptors (Lipinski definition) is 4. The zero-order valence-corrected chi connectivity index (χ0v) is 13.8. The number of benzene rings is 2. The third kappa shape index (κ3) is 4.60. The Kier molecular flexibility index (Phi) is 5.45. The topological polar surface area (TPSA) is 96.0 Å². The van der Waals surface area contributed by atoms with Crippen LogP contribution in [0.2, 0.25) is 0 Å². The Balaban J connectivity index is 2.36. The predicted octanol–water partition coefficient (Wildman–Crippen LogP) is 2.25. The van der Waals surface area contributed by atoms with Crippen LogP contribution in [0.25, 0.3) is 0 Å². The summed E-state index contributed by atoms with van der Waals surface area (Å²) in [7, 11) is -3.72. The number of hydrogen-bond donors (Lipinski definition) is 2. The van der Waals surface area contributed by atoms with Crippen molar-refractivity contribution in [2.45, 2.75) is 17.4 Å². The highest BCUT2D eigenvalue weighted by molar-refractivity contribution is 7.89. The molecule has 7 heteroatoms. The molecule has 2 aromatic rings. The fourth-order valence-electron chi connectivity index (χ4n) is 2.11. The number of thiocarbonyl (C=S) groups is 1. The highest BCUT2D eigenvalue weighted by atomic mass is 32.2. The third-order valence-electron chi connectivity index (χ3n) is 3.17. The minimum atomic E-state index is -3.72. The summed E-state index contributed by atoms with van der Waals surface area (Å²) >= 11 is 4.92. The molecule has 0 aliphatic carbocycles. The zero-order chi connectivity index (χ0) is 16.9. The number of nitrogens with two attached hydrogens (primary N) is 1. The average Bonchev–Trinajstić information content (AvgIpc) is 2.54. The second-order valence-electron chi connectivity index (χ2n) is 4.89. The van der Waals surface area contributed by atoms with E-state index in [1.165, 1.54) is 12.1 Å². The molecular weight excluding hydrogens is 330 g/mol. The molecule has 1 unspecified atom stereocenters. The summed E-state index contributed by atoms with van der Waals surface area (Å²) in [6, 6.07) is 16.1. The monoisotopic (exact) mass is 345 g/mol. The molecule has 3 N–H and O–H groups in total. The van der Waals surface area contributed by atoms with E-state index in [9.17, 15) is 8.42 Å². The Morgan fingerprint density at radius 1 is 1.22 bits per heavy atom. The summed E-state index contributed by atoms with van der Waals surface area (Å²) in [6.07, 6.45) is 0.163. The van der Waals surface area contributed by atoms with E-state index in [-0.39, 0.29) is 16.3 Å². The van der Waals surface area contributed by atoms with Gasteiger partial charge < -0.3 is 5.73 Å². The van der Waals surface area contributed by atoms with Crippen molar-refractivity contribution in [2.75, 3.05) is 0 Å². The molecule has 5 nitrogen and oxygen atoms in total. The van der Waals surface area contributed by atoms with E-state index < -0.39 is 16.1 Å². The average molecular weight is 345 g/mol. The van der Waals surface area contributed by atoms with Crippen LogP contribution in [0.1, 0.15) is 23.6 Å². The largest absolute Gasteiger partial charge is 0.393 e. The number of sulfonamides is 1. The van der Waals surface area contributed by atoms with E-state index in [2.05, 4.69) is 4.72 Å². The van der Waals surface area contributed by atoms with Crippen LogP contribution in [0.5, 0.6) is 0 Å². The maximum atomic E-state index is 12.5. The summed E-state index contributed by atoms with van der Waals surface area (Å²) in [6.45, 7) is 0. The van der Waals surface area contributed by atoms with Crippen LogP contribution in [0.3, 0.4) is 0 Å². The van der Waals surface area contributed by atoms with Gasteiger partial charge in [0.2, 0.25) is 10.0 Å². The van der Waals surface area contributed by atoms with Crippen molar-refractivity contribution in [1.29, 1.82) is 5.26 Å². The molecule has 0 heterocycles. The van der Waals surface area contributed by atoms with E-state index in [0.29, 0.717) is 11.1 Å². The van der Waals surface area contributed by atoms with Crippen molar-refractivity contribution < 1.29 is 8.42 Å². The van der Waals surface area contributed by atoms with Gasteiger partial charge in [-0.25, -0.2) is 13.1 Å². The van der Waals surface area contributed by atoms with Gasteiger partial charge in [-0.15, -0.1) is 0 Å². The SMILES string of the molecule is N#Cc1cccc(C(CC(N)=S)NS(=O)(=O)c2ccccc2)c1. The lowest BCUT2D eigenvalue weighted by Gasteiger charge is -2.19. The second kappa shape index (κ2) is 7.33. The van der Waals surface area contributed by atoms with Crippen molar-refractivity contribution in [3.8, 4) is 6.07 Å². The summed E-state index contributed by atoms with van der Waals surface area (Å²) < 4.78 is 27.6. The third-order valence-corrected chi connectivity index (χ3v) is 4.83. The fourth-order valence-corrected chi connectivity index (χ4v) is 3.52. The Morgan fingerprint density at radius 2 is 1.91 bits per heavy atom. The van der Waals surface area contributed by atoms with Gasteiger partial charge in [-0.1, -0.05) is 42.5 Å². The molecular formula is C16H15N3O2S2. The maximum Gasteiger partial charge on any atom is 0.241 e. The molecule has 0 aliphatic heterocycles. The van der Waals surface area contributed by atoms with Gasteiger partial charge in [0.1, 0.15) is 0 Å². The highest BCUT2D eigenvalue weighted by Gasteiger charge is 2.22. The minimum Gasteiger partial charge on any atom is -0.393 e. The van der Waals surface area contributed by atoms with Crippen molar-refractivity contribution in [3.05, 3.63) is 65.7 Å². The first-order chi connectivity index (χ1) is 10.9. The molecule has 2 aromatic carbocycles. The smallest absolute Gasteiger partial charge is 0.241 e. The molecule has 0 bridgehead atoms. The number of nitrogens with one attached hydrogen (secondary N) is 1. The van der Waals surface area contributed by atoms with Gasteiger partial charge >= 0.3 is 0 Å². The van der Waals surface area contributed by atoms with E-state index >= 15 is 0 Å². The van der Waals surface area contributed by atoms with Gasteiger partial charge in [0, 0.05) is 6.42 Å². The molecule has 0 fully saturated rings. The van der Waals surface area contributed by atoms with Crippen molar-refractivity contribution >= 4 is 27.2 Å². The van der Waals surface area contributed by atoms with Crippen molar-refractivity contribution in [1.82, 2.24) is 4.72 Å². The minimum absolute atomic E-state index is 0.157. The second-order valence-corrected chi connectivity index (χ2v) is 7.13. The molecule has 0 amide bonds. The Labute approximate surface area is 140 Å². The summed E-state index contributed by atoms with van der Waals surface area (Å²) in [5, 5.41) is 9.00. The van der Waals surface area contributed by atoms with Gasteiger partial charge in [-0.05, 0) is 29.8 Å². The van der Waals surface area contributed by atoms with E-state index in [1.807, 2.05) is 6.07 Å².